The first kappa shape index (κ1) is 21.5. The summed E-state index contributed by atoms with van der Waals surface area (Å²) in [6, 6.07) is 15.4. The van der Waals surface area contributed by atoms with Crippen LogP contribution in [0.4, 0.5) is 5.69 Å². The zero-order valence-electron chi connectivity index (χ0n) is 17.3. The van der Waals surface area contributed by atoms with Gasteiger partial charge in [0, 0.05) is 42.3 Å². The molecule has 2 N–H and O–H groups in total. The van der Waals surface area contributed by atoms with Crippen molar-refractivity contribution in [1.29, 1.82) is 0 Å². The third-order valence-electron chi connectivity index (χ3n) is 5.31. The maximum atomic E-state index is 12.7. The Kier molecular flexibility index (Phi) is 6.41. The first-order chi connectivity index (χ1) is 14.9. The summed E-state index contributed by atoms with van der Waals surface area (Å²) >= 11 is 1.81. The van der Waals surface area contributed by atoms with E-state index in [0.29, 0.717) is 17.8 Å². The zero-order chi connectivity index (χ0) is 21.8. The Hall–Kier alpha value is -2.68. The highest BCUT2D eigenvalue weighted by molar-refractivity contribution is 7.92. The van der Waals surface area contributed by atoms with Crippen LogP contribution in [-0.4, -0.2) is 38.9 Å². The molecule has 1 aliphatic rings. The normalized spacial score (nSPS) is 14.1. The average Bonchev–Trinajstić information content (AvgIpc) is 3.23. The molecule has 2 heterocycles. The number of fused-ring (bicyclic) bond motifs is 1. The fourth-order valence-electron chi connectivity index (χ4n) is 3.57. The van der Waals surface area contributed by atoms with Gasteiger partial charge in [0.25, 0.3) is 15.9 Å². The van der Waals surface area contributed by atoms with Crippen molar-refractivity contribution in [3.05, 3.63) is 81.5 Å². The van der Waals surface area contributed by atoms with Crippen molar-refractivity contribution in [1.82, 2.24) is 10.2 Å². The largest absolute Gasteiger partial charge is 0.351 e. The Morgan fingerprint density at radius 1 is 1.13 bits per heavy atom. The molecule has 8 heteroatoms. The van der Waals surface area contributed by atoms with Gasteiger partial charge in [-0.2, -0.15) is 0 Å². The van der Waals surface area contributed by atoms with Crippen LogP contribution < -0.4 is 10.0 Å². The van der Waals surface area contributed by atoms with Crippen molar-refractivity contribution in [2.75, 3.05) is 24.4 Å². The van der Waals surface area contributed by atoms with Gasteiger partial charge in [-0.3, -0.25) is 14.4 Å². The number of aryl methyl sites for hydroxylation is 1. The van der Waals surface area contributed by atoms with Gasteiger partial charge >= 0.3 is 0 Å². The highest BCUT2D eigenvalue weighted by Gasteiger charge is 2.18. The Morgan fingerprint density at radius 3 is 2.74 bits per heavy atom. The summed E-state index contributed by atoms with van der Waals surface area (Å²) in [5.74, 6) is -0.277. The number of amides is 1. The fraction of sp³-hybridized carbons (Fsp3) is 0.261. The molecule has 0 bridgehead atoms. The van der Waals surface area contributed by atoms with Crippen LogP contribution >= 0.6 is 11.3 Å². The third kappa shape index (κ3) is 5.33. The predicted molar refractivity (Wildman–Crippen MR) is 124 cm³/mol. The predicted octanol–water partition coefficient (Wildman–Crippen LogP) is 3.65. The molecule has 1 aliphatic heterocycles. The second-order valence-corrected chi connectivity index (χ2v) is 10.3. The van der Waals surface area contributed by atoms with Crippen molar-refractivity contribution in [2.24, 2.45) is 0 Å². The monoisotopic (exact) mass is 455 g/mol. The lowest BCUT2D eigenvalue weighted by Crippen LogP contribution is -2.37. The van der Waals surface area contributed by atoms with Gasteiger partial charge in [-0.15, -0.1) is 11.3 Å². The molecule has 0 spiro atoms. The number of rotatable bonds is 7. The standard InChI is InChI=1S/C23H25N3O3S2/c1-17-5-7-20(8-6-17)25-31(28,29)21-4-2-3-18(15-21)23(27)24-11-13-26-12-9-22-19(16-26)10-14-30-22/h2-8,10,14-15,25H,9,11-13,16H2,1H3,(H,24,27). The molecule has 3 aromatic rings. The molecule has 0 atom stereocenters. The number of carbonyl (C=O) groups excluding carboxylic acids is 1. The third-order valence-corrected chi connectivity index (χ3v) is 7.71. The second kappa shape index (κ2) is 9.21. The van der Waals surface area contributed by atoms with Gasteiger partial charge in [0.1, 0.15) is 0 Å². The lowest BCUT2D eigenvalue weighted by Gasteiger charge is -2.26. The smallest absolute Gasteiger partial charge is 0.261 e. The van der Waals surface area contributed by atoms with E-state index in [-0.39, 0.29) is 10.8 Å². The van der Waals surface area contributed by atoms with Crippen LogP contribution in [-0.2, 0) is 23.0 Å². The summed E-state index contributed by atoms with van der Waals surface area (Å²) in [5, 5.41) is 5.04. The van der Waals surface area contributed by atoms with Crippen LogP contribution in [0, 0.1) is 6.92 Å². The van der Waals surface area contributed by atoms with E-state index in [2.05, 4.69) is 26.4 Å². The summed E-state index contributed by atoms with van der Waals surface area (Å²) in [6.07, 6.45) is 1.05. The van der Waals surface area contributed by atoms with Crippen LogP contribution in [0.5, 0.6) is 0 Å². The Balaban J connectivity index is 1.35. The van der Waals surface area contributed by atoms with Crippen LogP contribution in [0.2, 0.25) is 0 Å². The molecule has 1 aromatic heterocycles. The molecule has 0 saturated carbocycles. The van der Waals surface area contributed by atoms with E-state index in [9.17, 15) is 13.2 Å². The van der Waals surface area contributed by atoms with Crippen molar-refractivity contribution in [3.63, 3.8) is 0 Å². The van der Waals surface area contributed by atoms with Crippen molar-refractivity contribution < 1.29 is 13.2 Å². The maximum absolute atomic E-state index is 12.7. The molecule has 0 aliphatic carbocycles. The van der Waals surface area contributed by atoms with E-state index in [0.717, 1.165) is 31.6 Å². The van der Waals surface area contributed by atoms with Crippen molar-refractivity contribution in [3.8, 4) is 0 Å². The molecule has 162 valence electrons. The molecule has 0 saturated heterocycles. The Morgan fingerprint density at radius 2 is 1.94 bits per heavy atom. The number of hydrogen-bond acceptors (Lipinski definition) is 5. The molecule has 0 fully saturated rings. The van der Waals surface area contributed by atoms with E-state index in [1.165, 1.54) is 22.6 Å². The van der Waals surface area contributed by atoms with E-state index < -0.39 is 10.0 Å². The summed E-state index contributed by atoms with van der Waals surface area (Å²) < 4.78 is 28.0. The van der Waals surface area contributed by atoms with Gasteiger partial charge in [0.2, 0.25) is 0 Å². The zero-order valence-corrected chi connectivity index (χ0v) is 18.9. The second-order valence-electron chi connectivity index (χ2n) is 7.65. The van der Waals surface area contributed by atoms with Crippen LogP contribution in [0.3, 0.4) is 0 Å². The lowest BCUT2D eigenvalue weighted by atomic mass is 10.1. The molecule has 4 rings (SSSR count). The molecule has 6 nitrogen and oxygen atoms in total. The number of thiophene rings is 1. The maximum Gasteiger partial charge on any atom is 0.261 e. The summed E-state index contributed by atoms with van der Waals surface area (Å²) in [7, 11) is -3.78. The van der Waals surface area contributed by atoms with Gasteiger partial charge in [-0.05, 0) is 60.7 Å². The van der Waals surface area contributed by atoms with Gasteiger partial charge in [0.05, 0.1) is 4.90 Å². The molecule has 31 heavy (non-hydrogen) atoms. The van der Waals surface area contributed by atoms with Gasteiger partial charge in [-0.1, -0.05) is 23.8 Å². The van der Waals surface area contributed by atoms with Crippen LogP contribution in [0.15, 0.2) is 64.9 Å². The molecule has 0 unspecified atom stereocenters. The van der Waals surface area contributed by atoms with E-state index in [1.807, 2.05) is 19.1 Å². The number of hydrogen-bond donors (Lipinski definition) is 2. The average molecular weight is 456 g/mol. The number of sulfonamides is 1. The molecular weight excluding hydrogens is 430 g/mol. The topological polar surface area (TPSA) is 78.5 Å². The van der Waals surface area contributed by atoms with Gasteiger partial charge < -0.3 is 5.32 Å². The minimum atomic E-state index is -3.78. The minimum Gasteiger partial charge on any atom is -0.351 e. The number of carbonyl (C=O) groups is 1. The van der Waals surface area contributed by atoms with Crippen LogP contribution in [0.1, 0.15) is 26.4 Å². The Labute approximate surface area is 187 Å². The van der Waals surface area contributed by atoms with Gasteiger partial charge in [-0.25, -0.2) is 8.42 Å². The Bertz CT molecular complexity index is 1170. The molecule has 0 radical (unpaired) electrons. The fourth-order valence-corrected chi connectivity index (χ4v) is 5.56. The van der Waals surface area contributed by atoms with E-state index in [1.54, 1.807) is 35.6 Å². The van der Waals surface area contributed by atoms with E-state index >= 15 is 0 Å². The highest BCUT2D eigenvalue weighted by Crippen LogP contribution is 2.23. The minimum absolute atomic E-state index is 0.0572. The van der Waals surface area contributed by atoms with Crippen molar-refractivity contribution >= 4 is 33.0 Å². The van der Waals surface area contributed by atoms with Crippen LogP contribution in [0.25, 0.3) is 0 Å². The first-order valence-corrected chi connectivity index (χ1v) is 12.5. The number of nitrogens with zero attached hydrogens (tertiary/aromatic N) is 1. The van der Waals surface area contributed by atoms with E-state index in [4.69, 9.17) is 0 Å². The lowest BCUT2D eigenvalue weighted by molar-refractivity contribution is 0.0947. The number of benzene rings is 2. The first-order valence-electron chi connectivity index (χ1n) is 10.2. The molecule has 1 amide bonds. The number of nitrogens with one attached hydrogen (secondary N) is 2. The summed E-state index contributed by atoms with van der Waals surface area (Å²) in [5.41, 5.74) is 3.23. The quantitative estimate of drug-likeness (QED) is 0.570. The van der Waals surface area contributed by atoms with Gasteiger partial charge in [0.15, 0.2) is 0 Å². The summed E-state index contributed by atoms with van der Waals surface area (Å²) in [4.78, 5) is 16.4. The van der Waals surface area contributed by atoms with Crippen molar-refractivity contribution in [2.45, 2.75) is 24.8 Å². The SMILES string of the molecule is Cc1ccc(NS(=O)(=O)c2cccc(C(=O)NCCN3CCc4sccc4C3)c2)cc1. The molecular formula is C23H25N3O3S2. The molecule has 2 aromatic carbocycles. The summed E-state index contributed by atoms with van der Waals surface area (Å²) in [6.45, 7) is 5.10. The highest BCUT2D eigenvalue weighted by atomic mass is 32.2. The number of anilines is 1.